The zero-order valence-electron chi connectivity index (χ0n) is 15.7. The lowest BCUT2D eigenvalue weighted by atomic mass is 9.89. The average molecular weight is 323 g/mol. The Morgan fingerprint density at radius 1 is 1.30 bits per heavy atom. The van der Waals surface area contributed by atoms with E-state index in [9.17, 15) is 9.90 Å². The number of carbonyl (C=O) groups excluding carboxylic acids is 1. The number of aliphatic hydroxyl groups excluding tert-OH is 1. The van der Waals surface area contributed by atoms with Gasteiger partial charge in [0.05, 0.1) is 5.54 Å². The van der Waals surface area contributed by atoms with Gasteiger partial charge in [0.15, 0.2) is 0 Å². The zero-order chi connectivity index (χ0) is 17.8. The molecule has 0 bridgehead atoms. The van der Waals surface area contributed by atoms with Gasteiger partial charge >= 0.3 is 0 Å². The van der Waals surface area contributed by atoms with Gasteiger partial charge in [-0.15, -0.1) is 0 Å². The highest BCUT2D eigenvalue weighted by Gasteiger charge is 2.23. The molecule has 1 aromatic heterocycles. The summed E-state index contributed by atoms with van der Waals surface area (Å²) < 4.78 is 1.95. The smallest absolute Gasteiger partial charge is 0.271 e. The van der Waals surface area contributed by atoms with Crippen LogP contribution >= 0.6 is 0 Å². The first-order chi connectivity index (χ1) is 10.5. The molecule has 0 fully saturated rings. The fraction of sp³-hybridized carbons (Fsp3) is 0.778. The van der Waals surface area contributed by atoms with Crippen LogP contribution in [0.15, 0.2) is 6.07 Å². The van der Waals surface area contributed by atoms with E-state index in [4.69, 9.17) is 0 Å². The highest BCUT2D eigenvalue weighted by atomic mass is 16.3. The Morgan fingerprint density at radius 3 is 2.35 bits per heavy atom. The minimum Gasteiger partial charge on any atom is -0.396 e. The Labute approximate surface area is 140 Å². The first-order valence-electron chi connectivity index (χ1n) is 8.47. The van der Waals surface area contributed by atoms with Crippen LogP contribution in [0, 0.1) is 5.41 Å². The molecule has 1 amide bonds. The van der Waals surface area contributed by atoms with Crippen molar-refractivity contribution in [1.82, 2.24) is 15.1 Å². The molecule has 0 aliphatic rings. The van der Waals surface area contributed by atoms with E-state index in [1.54, 1.807) is 0 Å². The van der Waals surface area contributed by atoms with Crippen molar-refractivity contribution in [3.05, 3.63) is 17.5 Å². The molecule has 0 saturated carbocycles. The van der Waals surface area contributed by atoms with Crippen molar-refractivity contribution >= 4 is 5.91 Å². The van der Waals surface area contributed by atoms with Crippen molar-refractivity contribution in [2.45, 2.75) is 72.8 Å². The number of aliphatic hydroxyl groups is 1. The van der Waals surface area contributed by atoms with E-state index in [1.807, 2.05) is 24.6 Å². The van der Waals surface area contributed by atoms with Crippen LogP contribution < -0.4 is 5.32 Å². The van der Waals surface area contributed by atoms with Crippen molar-refractivity contribution in [2.75, 3.05) is 13.2 Å². The molecule has 1 rings (SSSR count). The van der Waals surface area contributed by atoms with Gasteiger partial charge in [-0.2, -0.15) is 5.10 Å². The Kier molecular flexibility index (Phi) is 6.40. The fourth-order valence-corrected chi connectivity index (χ4v) is 2.39. The van der Waals surface area contributed by atoms with Gasteiger partial charge in [-0.1, -0.05) is 27.7 Å². The maximum Gasteiger partial charge on any atom is 0.271 e. The lowest BCUT2D eigenvalue weighted by molar-refractivity contribution is 0.0942. The number of hydrogen-bond donors (Lipinski definition) is 2. The van der Waals surface area contributed by atoms with Gasteiger partial charge < -0.3 is 10.4 Å². The largest absolute Gasteiger partial charge is 0.396 e. The number of amides is 1. The van der Waals surface area contributed by atoms with Crippen LogP contribution in [0.5, 0.6) is 0 Å². The Balaban J connectivity index is 2.71. The molecule has 0 saturated heterocycles. The maximum absolute atomic E-state index is 12.3. The third-order valence-corrected chi connectivity index (χ3v) is 3.94. The summed E-state index contributed by atoms with van der Waals surface area (Å²) in [6.45, 7) is 15.3. The van der Waals surface area contributed by atoms with E-state index >= 15 is 0 Å². The summed E-state index contributed by atoms with van der Waals surface area (Å²) in [5.74, 6) is 0.185. The normalized spacial score (nSPS) is 12.7. The van der Waals surface area contributed by atoms with Gasteiger partial charge in [-0.3, -0.25) is 9.48 Å². The predicted molar refractivity (Wildman–Crippen MR) is 93.7 cm³/mol. The molecule has 5 nitrogen and oxygen atoms in total. The topological polar surface area (TPSA) is 67.2 Å². The highest BCUT2D eigenvalue weighted by Crippen LogP contribution is 2.23. The number of nitrogens with one attached hydrogen (secondary N) is 1. The summed E-state index contributed by atoms with van der Waals surface area (Å²) in [6.07, 6.45) is 1.72. The lowest BCUT2D eigenvalue weighted by Crippen LogP contribution is -2.28. The zero-order valence-corrected chi connectivity index (χ0v) is 15.7. The first kappa shape index (κ1) is 19.7. The molecule has 0 aliphatic carbocycles. The third kappa shape index (κ3) is 5.65. The van der Waals surface area contributed by atoms with Gasteiger partial charge in [0, 0.05) is 18.8 Å². The van der Waals surface area contributed by atoms with Crippen LogP contribution in [0.4, 0.5) is 0 Å². The van der Waals surface area contributed by atoms with Crippen molar-refractivity contribution in [2.24, 2.45) is 5.41 Å². The number of rotatable bonds is 7. The van der Waals surface area contributed by atoms with Crippen molar-refractivity contribution in [3.8, 4) is 0 Å². The molecule has 0 unspecified atom stereocenters. The van der Waals surface area contributed by atoms with Crippen molar-refractivity contribution < 1.29 is 9.90 Å². The van der Waals surface area contributed by atoms with Gasteiger partial charge in [0.25, 0.3) is 5.91 Å². The summed E-state index contributed by atoms with van der Waals surface area (Å²) in [7, 11) is 0. The average Bonchev–Trinajstić information content (AvgIpc) is 2.89. The molecule has 0 aliphatic heterocycles. The van der Waals surface area contributed by atoms with Crippen LogP contribution in [0.25, 0.3) is 0 Å². The van der Waals surface area contributed by atoms with Crippen LogP contribution in [0.2, 0.25) is 0 Å². The summed E-state index contributed by atoms with van der Waals surface area (Å²) in [5, 5.41) is 16.7. The Bertz CT molecular complexity index is 525. The molecule has 1 aromatic rings. The van der Waals surface area contributed by atoms with Crippen LogP contribution in [-0.4, -0.2) is 33.9 Å². The molecular formula is C18H33N3O2. The summed E-state index contributed by atoms with van der Waals surface area (Å²) in [4.78, 5) is 12.3. The lowest BCUT2D eigenvalue weighted by Gasteiger charge is -2.23. The monoisotopic (exact) mass is 323 g/mol. The molecule has 0 radical (unpaired) electrons. The molecule has 1 heterocycles. The van der Waals surface area contributed by atoms with Gasteiger partial charge in [0.1, 0.15) is 5.69 Å². The third-order valence-electron chi connectivity index (χ3n) is 3.94. The second-order valence-corrected chi connectivity index (χ2v) is 8.37. The van der Waals surface area contributed by atoms with Crippen LogP contribution in [0.3, 0.4) is 0 Å². The number of aromatic nitrogens is 2. The first-order valence-corrected chi connectivity index (χ1v) is 8.47. The molecule has 0 spiro atoms. The number of carbonyl (C=O) groups is 1. The Hall–Kier alpha value is -1.36. The second kappa shape index (κ2) is 7.47. The summed E-state index contributed by atoms with van der Waals surface area (Å²) in [5.41, 5.74) is 1.31. The molecule has 2 N–H and O–H groups in total. The van der Waals surface area contributed by atoms with Crippen molar-refractivity contribution in [1.29, 1.82) is 0 Å². The summed E-state index contributed by atoms with van der Waals surface area (Å²) in [6, 6.07) is 1.89. The molecular weight excluding hydrogens is 290 g/mol. The molecule has 0 atom stereocenters. The van der Waals surface area contributed by atoms with Crippen molar-refractivity contribution in [3.63, 3.8) is 0 Å². The molecule has 23 heavy (non-hydrogen) atoms. The number of nitrogens with zero attached hydrogens (tertiary/aromatic N) is 2. The van der Waals surface area contributed by atoms with Crippen LogP contribution in [0.1, 0.15) is 83.4 Å². The second-order valence-electron chi connectivity index (χ2n) is 8.37. The van der Waals surface area contributed by atoms with E-state index in [0.29, 0.717) is 18.2 Å². The Morgan fingerprint density at radius 2 is 1.91 bits per heavy atom. The van der Waals surface area contributed by atoms with Gasteiger partial charge in [0.2, 0.25) is 0 Å². The molecule has 0 aromatic carbocycles. The molecule has 132 valence electrons. The highest BCUT2D eigenvalue weighted by molar-refractivity contribution is 5.92. The van der Waals surface area contributed by atoms with E-state index in [-0.39, 0.29) is 23.5 Å². The maximum atomic E-state index is 12.3. The van der Waals surface area contributed by atoms with Gasteiger partial charge in [-0.05, 0) is 51.0 Å². The van der Waals surface area contributed by atoms with E-state index in [1.165, 1.54) is 0 Å². The standard InChI is InChI=1S/C18H33N3O2/c1-13(2)15-11-14(20-21(15)17(3,4)5)16(23)19-10-8-9-18(6,7)12-22/h11,13,22H,8-10,12H2,1-7H3,(H,19,23). The molecule has 5 heteroatoms. The quantitative estimate of drug-likeness (QED) is 0.757. The van der Waals surface area contributed by atoms with E-state index in [2.05, 4.69) is 45.0 Å². The van der Waals surface area contributed by atoms with E-state index < -0.39 is 0 Å². The predicted octanol–water partition coefficient (Wildman–Crippen LogP) is 3.29. The van der Waals surface area contributed by atoms with Gasteiger partial charge in [-0.25, -0.2) is 0 Å². The SMILES string of the molecule is CC(C)c1cc(C(=O)NCCCC(C)(C)CO)nn1C(C)(C)C. The minimum atomic E-state index is -0.150. The van der Waals surface area contributed by atoms with Crippen LogP contribution in [-0.2, 0) is 5.54 Å². The number of hydrogen-bond acceptors (Lipinski definition) is 3. The fourth-order valence-electron chi connectivity index (χ4n) is 2.39. The minimum absolute atomic E-state index is 0.0939. The van der Waals surface area contributed by atoms with E-state index in [0.717, 1.165) is 18.5 Å². The summed E-state index contributed by atoms with van der Waals surface area (Å²) >= 11 is 0.